The zero-order chi connectivity index (χ0) is 25.8. The van der Waals surface area contributed by atoms with Crippen LogP contribution in [0, 0.1) is 30.3 Å². The minimum absolute atomic E-state index is 0.0432. The van der Waals surface area contributed by atoms with E-state index in [4.69, 9.17) is 4.74 Å². The number of nitrogens with zero attached hydrogens (tertiary/aromatic N) is 3. The van der Waals surface area contributed by atoms with E-state index in [0.717, 1.165) is 12.1 Å². The monoisotopic (exact) mass is 493 g/mol. The summed E-state index contributed by atoms with van der Waals surface area (Å²) < 4.78 is 50.0. The minimum Gasteiger partial charge on any atom is -0.435 e. The Morgan fingerprint density at radius 1 is 0.972 bits per heavy atom. The van der Waals surface area contributed by atoms with Gasteiger partial charge in [-0.25, -0.2) is 17.9 Å². The van der Waals surface area contributed by atoms with Gasteiger partial charge in [-0.1, -0.05) is 44.2 Å². The maximum absolute atomic E-state index is 14.5. The molecule has 0 saturated heterocycles. The molecule has 0 fully saturated rings. The molecule has 0 aliphatic rings. The molecular formula is C28H26F3N3O2. The van der Waals surface area contributed by atoms with Crippen molar-refractivity contribution in [2.45, 2.75) is 27.3 Å². The maximum Gasteiger partial charge on any atom is 0.257 e. The van der Waals surface area contributed by atoms with Crippen LogP contribution in [-0.4, -0.2) is 27.1 Å². The average Bonchev–Trinajstić information content (AvgIpc) is 3.15. The van der Waals surface area contributed by atoms with Crippen molar-refractivity contribution in [3.8, 4) is 17.3 Å². The maximum atomic E-state index is 14.5. The number of para-hydroxylation sites is 1. The molecule has 0 aliphatic heterocycles. The number of hydrogen-bond donors (Lipinski definition) is 0. The highest BCUT2D eigenvalue weighted by molar-refractivity contribution is 5.94. The van der Waals surface area contributed by atoms with Crippen LogP contribution in [0.2, 0.25) is 0 Å². The molecule has 0 spiro atoms. The van der Waals surface area contributed by atoms with Crippen LogP contribution in [0.3, 0.4) is 0 Å². The lowest BCUT2D eigenvalue weighted by atomic mass is 10.1. The Hall–Kier alpha value is -4.07. The number of amides is 1. The normalized spacial score (nSPS) is 11.1. The molecule has 0 atom stereocenters. The molecule has 36 heavy (non-hydrogen) atoms. The van der Waals surface area contributed by atoms with Crippen molar-refractivity contribution in [2.24, 2.45) is 5.92 Å². The molecule has 1 heterocycles. The fourth-order valence-electron chi connectivity index (χ4n) is 3.89. The molecule has 4 aromatic rings. The molecule has 186 valence electrons. The van der Waals surface area contributed by atoms with Gasteiger partial charge in [-0.05, 0) is 49.2 Å². The smallest absolute Gasteiger partial charge is 0.257 e. The van der Waals surface area contributed by atoms with Gasteiger partial charge >= 0.3 is 0 Å². The predicted molar refractivity (Wildman–Crippen MR) is 131 cm³/mol. The van der Waals surface area contributed by atoms with Gasteiger partial charge in [-0.15, -0.1) is 0 Å². The van der Waals surface area contributed by atoms with E-state index in [1.165, 1.54) is 33.8 Å². The van der Waals surface area contributed by atoms with E-state index in [2.05, 4.69) is 5.10 Å². The van der Waals surface area contributed by atoms with Crippen LogP contribution < -0.4 is 4.74 Å². The summed E-state index contributed by atoms with van der Waals surface area (Å²) in [6, 6.07) is 17.9. The molecule has 5 nitrogen and oxygen atoms in total. The Morgan fingerprint density at radius 3 is 2.33 bits per heavy atom. The second-order valence-corrected chi connectivity index (χ2v) is 8.85. The number of hydrogen-bond acceptors (Lipinski definition) is 3. The van der Waals surface area contributed by atoms with E-state index in [0.29, 0.717) is 23.5 Å². The third-order valence-electron chi connectivity index (χ3n) is 5.56. The molecule has 3 aromatic carbocycles. The first-order valence-corrected chi connectivity index (χ1v) is 11.5. The highest BCUT2D eigenvalue weighted by atomic mass is 19.1. The van der Waals surface area contributed by atoms with Crippen molar-refractivity contribution >= 4 is 5.91 Å². The number of aryl methyl sites for hydroxylation is 1. The van der Waals surface area contributed by atoms with E-state index < -0.39 is 23.4 Å². The average molecular weight is 494 g/mol. The minimum atomic E-state index is -0.874. The zero-order valence-electron chi connectivity index (χ0n) is 20.2. The van der Waals surface area contributed by atoms with Crippen molar-refractivity contribution in [2.75, 3.05) is 6.54 Å². The highest BCUT2D eigenvalue weighted by Gasteiger charge is 2.26. The van der Waals surface area contributed by atoms with Crippen LogP contribution in [-0.2, 0) is 6.54 Å². The predicted octanol–water partition coefficient (Wildman–Crippen LogP) is 6.69. The Balaban J connectivity index is 1.80. The van der Waals surface area contributed by atoms with Crippen LogP contribution in [0.15, 0.2) is 72.8 Å². The van der Waals surface area contributed by atoms with Gasteiger partial charge in [0.2, 0.25) is 5.88 Å². The van der Waals surface area contributed by atoms with Crippen molar-refractivity contribution in [1.29, 1.82) is 0 Å². The summed E-state index contributed by atoms with van der Waals surface area (Å²) in [5.74, 6) is -2.62. The SMILES string of the molecule is Cc1nn(-c2ccccc2)c(Oc2ccc(F)cc2F)c1CN(CC(C)C)C(=O)c1ccccc1F. The van der Waals surface area contributed by atoms with Crippen LogP contribution in [0.25, 0.3) is 5.69 Å². The summed E-state index contributed by atoms with van der Waals surface area (Å²) in [5.41, 5.74) is 1.68. The van der Waals surface area contributed by atoms with Crippen molar-refractivity contribution in [1.82, 2.24) is 14.7 Å². The Bertz CT molecular complexity index is 1370. The van der Waals surface area contributed by atoms with E-state index in [9.17, 15) is 18.0 Å². The van der Waals surface area contributed by atoms with Gasteiger partial charge in [0.05, 0.1) is 29.1 Å². The van der Waals surface area contributed by atoms with Gasteiger partial charge in [-0.2, -0.15) is 5.10 Å². The Kier molecular flexibility index (Phi) is 7.43. The van der Waals surface area contributed by atoms with Gasteiger partial charge in [0.1, 0.15) is 11.6 Å². The van der Waals surface area contributed by atoms with Crippen molar-refractivity contribution in [3.05, 3.63) is 107 Å². The summed E-state index contributed by atoms with van der Waals surface area (Å²) in [7, 11) is 0. The van der Waals surface area contributed by atoms with Gasteiger partial charge < -0.3 is 9.64 Å². The lowest BCUT2D eigenvalue weighted by Crippen LogP contribution is -2.34. The molecule has 1 aromatic heterocycles. The summed E-state index contributed by atoms with van der Waals surface area (Å²) in [6.07, 6.45) is 0. The Labute approximate surface area is 207 Å². The molecule has 0 bridgehead atoms. The van der Waals surface area contributed by atoms with E-state index in [-0.39, 0.29) is 29.7 Å². The quantitative estimate of drug-likeness (QED) is 0.275. The van der Waals surface area contributed by atoms with Crippen molar-refractivity contribution < 1.29 is 22.7 Å². The standard InChI is InChI=1S/C28H26F3N3O2/c1-18(2)16-33(27(35)22-11-7-8-12-24(22)30)17-23-19(3)32-34(21-9-5-4-6-10-21)28(23)36-26-14-13-20(29)15-25(26)31/h4-15,18H,16-17H2,1-3H3. The number of halogens is 3. The number of carbonyl (C=O) groups excluding carboxylic acids is 1. The van der Waals surface area contributed by atoms with Crippen LogP contribution in [0.4, 0.5) is 13.2 Å². The third kappa shape index (κ3) is 5.43. The van der Waals surface area contributed by atoms with Gasteiger partial charge in [0.25, 0.3) is 5.91 Å². The first kappa shape index (κ1) is 25.0. The summed E-state index contributed by atoms with van der Waals surface area (Å²) >= 11 is 0. The first-order chi connectivity index (χ1) is 17.2. The largest absolute Gasteiger partial charge is 0.435 e. The summed E-state index contributed by atoms with van der Waals surface area (Å²) in [5, 5.41) is 4.59. The summed E-state index contributed by atoms with van der Waals surface area (Å²) in [6.45, 7) is 6.04. The van der Waals surface area contributed by atoms with Gasteiger partial charge in [0, 0.05) is 12.6 Å². The molecule has 8 heteroatoms. The lowest BCUT2D eigenvalue weighted by Gasteiger charge is -2.25. The van der Waals surface area contributed by atoms with E-state index in [1.807, 2.05) is 32.0 Å². The molecule has 1 amide bonds. The van der Waals surface area contributed by atoms with E-state index >= 15 is 0 Å². The Morgan fingerprint density at radius 2 is 1.67 bits per heavy atom. The van der Waals surface area contributed by atoms with Crippen LogP contribution in [0.1, 0.15) is 35.5 Å². The number of aromatic nitrogens is 2. The van der Waals surface area contributed by atoms with Crippen LogP contribution in [0.5, 0.6) is 11.6 Å². The second-order valence-electron chi connectivity index (χ2n) is 8.85. The number of ether oxygens (including phenoxy) is 1. The fraction of sp³-hybridized carbons (Fsp3) is 0.214. The fourth-order valence-corrected chi connectivity index (χ4v) is 3.89. The number of rotatable bonds is 8. The molecule has 4 rings (SSSR count). The topological polar surface area (TPSA) is 47.4 Å². The molecular weight excluding hydrogens is 467 g/mol. The van der Waals surface area contributed by atoms with Crippen molar-refractivity contribution in [3.63, 3.8) is 0 Å². The molecule has 0 aliphatic carbocycles. The highest BCUT2D eigenvalue weighted by Crippen LogP contribution is 2.33. The number of carbonyl (C=O) groups is 1. The third-order valence-corrected chi connectivity index (χ3v) is 5.56. The van der Waals surface area contributed by atoms with Gasteiger partial charge in [0.15, 0.2) is 11.6 Å². The molecule has 0 saturated carbocycles. The molecule has 0 N–H and O–H groups in total. The second kappa shape index (κ2) is 10.7. The summed E-state index contributed by atoms with van der Waals surface area (Å²) in [4.78, 5) is 14.9. The first-order valence-electron chi connectivity index (χ1n) is 11.5. The van der Waals surface area contributed by atoms with E-state index in [1.54, 1.807) is 25.1 Å². The lowest BCUT2D eigenvalue weighted by molar-refractivity contribution is 0.0716. The number of benzene rings is 3. The molecule has 0 unspecified atom stereocenters. The van der Waals surface area contributed by atoms with Crippen LogP contribution >= 0.6 is 0 Å². The molecule has 0 radical (unpaired) electrons. The van der Waals surface area contributed by atoms with Gasteiger partial charge in [-0.3, -0.25) is 4.79 Å². The zero-order valence-corrected chi connectivity index (χ0v) is 20.2.